The molecule has 6 rings (SSSR count). The Morgan fingerprint density at radius 2 is 1.72 bits per heavy atom. The maximum atomic E-state index is 13.3. The number of aromatic amines is 1. The smallest absolute Gasteiger partial charge is 0.323 e. The number of hydrogen-bond acceptors (Lipinski definition) is 5. The van der Waals surface area contributed by atoms with Gasteiger partial charge >= 0.3 is 6.03 Å². The number of carbonyl (C=O) groups excluding carboxylic acids is 1. The van der Waals surface area contributed by atoms with Gasteiger partial charge in [-0.2, -0.15) is 10.2 Å². The van der Waals surface area contributed by atoms with E-state index in [9.17, 15) is 9.18 Å². The van der Waals surface area contributed by atoms with Gasteiger partial charge in [-0.15, -0.1) is 0 Å². The Kier molecular flexibility index (Phi) is 7.03. The minimum Gasteiger partial charge on any atom is -0.379 e. The number of amides is 2. The first kappa shape index (κ1) is 24.8. The van der Waals surface area contributed by atoms with E-state index < -0.39 is 11.8 Å². The molecule has 3 N–H and O–H groups in total. The second kappa shape index (κ2) is 11.1. The fraction of sp³-hybridized carbons (Fsp3) is 0.207. The van der Waals surface area contributed by atoms with Gasteiger partial charge in [0.05, 0.1) is 31.5 Å². The zero-order valence-corrected chi connectivity index (χ0v) is 21.2. The van der Waals surface area contributed by atoms with Crippen molar-refractivity contribution in [1.82, 2.24) is 24.9 Å². The van der Waals surface area contributed by atoms with Crippen LogP contribution in [0.2, 0.25) is 0 Å². The molecule has 0 atom stereocenters. The number of morpholine rings is 1. The minimum absolute atomic E-state index is 0.386. The molecule has 0 radical (unpaired) electrons. The van der Waals surface area contributed by atoms with Crippen LogP contribution in [0, 0.1) is 5.82 Å². The normalized spacial score (nSPS) is 14.0. The predicted molar refractivity (Wildman–Crippen MR) is 149 cm³/mol. The number of hydrogen-bond donors (Lipinski definition) is 3. The number of anilines is 2. The average molecular weight is 526 g/mol. The molecule has 3 aromatic carbocycles. The van der Waals surface area contributed by atoms with E-state index in [0.717, 1.165) is 72.7 Å². The van der Waals surface area contributed by atoms with E-state index in [1.165, 1.54) is 12.1 Å². The van der Waals surface area contributed by atoms with Gasteiger partial charge in [-0.05, 0) is 53.6 Å². The summed E-state index contributed by atoms with van der Waals surface area (Å²) < 4.78 is 20.7. The molecule has 2 aromatic heterocycles. The molecule has 198 valence electrons. The van der Waals surface area contributed by atoms with Crippen LogP contribution in [-0.2, 0) is 11.3 Å². The largest absolute Gasteiger partial charge is 0.379 e. The first-order valence-electron chi connectivity index (χ1n) is 12.9. The van der Waals surface area contributed by atoms with Crippen molar-refractivity contribution in [3.8, 4) is 22.4 Å². The van der Waals surface area contributed by atoms with Crippen molar-refractivity contribution in [1.29, 1.82) is 0 Å². The highest BCUT2D eigenvalue weighted by Crippen LogP contribution is 2.30. The van der Waals surface area contributed by atoms with E-state index in [4.69, 9.17) is 4.74 Å². The second-order valence-corrected chi connectivity index (χ2v) is 9.45. The molecule has 1 aliphatic rings. The van der Waals surface area contributed by atoms with Crippen molar-refractivity contribution in [2.75, 3.05) is 43.5 Å². The number of nitrogens with one attached hydrogen (secondary N) is 3. The molecule has 9 nitrogen and oxygen atoms in total. The standard InChI is InChI=1S/C29H28FN7O2/c30-23-2-1-3-25(17-23)33-29(38)32-24-7-4-20(5-8-24)21-6-9-26-27(16-21)34-35-28(26)22-18-31-37(19-22)11-10-36-12-14-39-15-13-36/h1-9,16-19H,10-15H2,(H,34,35)(H2,32,33,38). The Hall–Kier alpha value is -4.54. The fourth-order valence-corrected chi connectivity index (χ4v) is 4.70. The van der Waals surface area contributed by atoms with Crippen LogP contribution in [0.25, 0.3) is 33.3 Å². The third-order valence-corrected chi connectivity index (χ3v) is 6.78. The number of carbonyl (C=O) groups is 1. The lowest BCUT2D eigenvalue weighted by atomic mass is 10.0. The molecule has 0 unspecified atom stereocenters. The summed E-state index contributed by atoms with van der Waals surface area (Å²) >= 11 is 0. The van der Waals surface area contributed by atoms with Crippen LogP contribution >= 0.6 is 0 Å². The zero-order valence-electron chi connectivity index (χ0n) is 21.2. The van der Waals surface area contributed by atoms with Crippen LogP contribution in [0.5, 0.6) is 0 Å². The summed E-state index contributed by atoms with van der Waals surface area (Å²) in [6, 6.07) is 19.0. The highest BCUT2D eigenvalue weighted by Gasteiger charge is 2.14. The molecular formula is C29H28FN7O2. The molecule has 1 aliphatic heterocycles. The maximum absolute atomic E-state index is 13.3. The number of benzene rings is 3. The lowest BCUT2D eigenvalue weighted by Gasteiger charge is -2.26. The monoisotopic (exact) mass is 525 g/mol. The summed E-state index contributed by atoms with van der Waals surface area (Å²) in [5.41, 5.74) is 5.82. The van der Waals surface area contributed by atoms with Crippen LogP contribution in [0.1, 0.15) is 0 Å². The van der Waals surface area contributed by atoms with Gasteiger partial charge in [0, 0.05) is 48.2 Å². The van der Waals surface area contributed by atoms with Gasteiger partial charge in [0.15, 0.2) is 0 Å². The molecule has 0 spiro atoms. The molecule has 0 aliphatic carbocycles. The Morgan fingerprint density at radius 3 is 2.54 bits per heavy atom. The summed E-state index contributed by atoms with van der Waals surface area (Å²) in [7, 11) is 0. The maximum Gasteiger partial charge on any atom is 0.323 e. The molecule has 2 amide bonds. The lowest BCUT2D eigenvalue weighted by molar-refractivity contribution is 0.0360. The van der Waals surface area contributed by atoms with E-state index in [2.05, 4.69) is 49.0 Å². The molecule has 5 aromatic rings. The third kappa shape index (κ3) is 5.82. The van der Waals surface area contributed by atoms with Crippen molar-refractivity contribution in [3.05, 3.63) is 84.9 Å². The number of ether oxygens (including phenoxy) is 1. The van der Waals surface area contributed by atoms with Gasteiger partial charge in [-0.1, -0.05) is 24.3 Å². The van der Waals surface area contributed by atoms with Gasteiger partial charge in [0.25, 0.3) is 0 Å². The number of fused-ring (bicyclic) bond motifs is 1. The zero-order chi connectivity index (χ0) is 26.6. The quantitative estimate of drug-likeness (QED) is 0.271. The summed E-state index contributed by atoms with van der Waals surface area (Å²) in [5.74, 6) is -0.409. The van der Waals surface area contributed by atoms with Crippen LogP contribution in [0.3, 0.4) is 0 Å². The van der Waals surface area contributed by atoms with Gasteiger partial charge in [-0.3, -0.25) is 14.7 Å². The molecule has 3 heterocycles. The van der Waals surface area contributed by atoms with Gasteiger partial charge < -0.3 is 15.4 Å². The first-order valence-corrected chi connectivity index (χ1v) is 12.9. The van der Waals surface area contributed by atoms with Crippen molar-refractivity contribution >= 4 is 28.3 Å². The van der Waals surface area contributed by atoms with Crippen LogP contribution in [0.4, 0.5) is 20.6 Å². The minimum atomic E-state index is -0.441. The predicted octanol–water partition coefficient (Wildman–Crippen LogP) is 5.21. The van der Waals surface area contributed by atoms with Gasteiger partial charge in [0.1, 0.15) is 11.5 Å². The van der Waals surface area contributed by atoms with Crippen molar-refractivity contribution < 1.29 is 13.9 Å². The molecule has 10 heteroatoms. The number of rotatable bonds is 7. The Bertz CT molecular complexity index is 1590. The van der Waals surface area contributed by atoms with Crippen LogP contribution < -0.4 is 10.6 Å². The molecular weight excluding hydrogens is 497 g/mol. The summed E-state index contributed by atoms with van der Waals surface area (Å²) in [6.07, 6.45) is 3.90. The Balaban J connectivity index is 1.11. The molecule has 0 saturated carbocycles. The Labute approximate surface area is 224 Å². The summed E-state index contributed by atoms with van der Waals surface area (Å²) in [5, 5.41) is 18.7. The number of aromatic nitrogens is 4. The summed E-state index contributed by atoms with van der Waals surface area (Å²) in [6.45, 7) is 5.28. The van der Waals surface area contributed by atoms with Crippen molar-refractivity contribution in [3.63, 3.8) is 0 Å². The van der Waals surface area contributed by atoms with E-state index in [1.54, 1.807) is 12.1 Å². The van der Waals surface area contributed by atoms with E-state index >= 15 is 0 Å². The number of urea groups is 1. The van der Waals surface area contributed by atoms with Crippen LogP contribution in [0.15, 0.2) is 79.1 Å². The Morgan fingerprint density at radius 1 is 0.923 bits per heavy atom. The second-order valence-electron chi connectivity index (χ2n) is 9.45. The number of nitrogens with zero attached hydrogens (tertiary/aromatic N) is 4. The van der Waals surface area contributed by atoms with Crippen LogP contribution in [-0.4, -0.2) is 63.8 Å². The van der Waals surface area contributed by atoms with Gasteiger partial charge in [-0.25, -0.2) is 9.18 Å². The molecule has 1 fully saturated rings. The highest BCUT2D eigenvalue weighted by atomic mass is 19.1. The SMILES string of the molecule is O=C(Nc1ccc(-c2ccc3c(-c4cnn(CCN5CCOCC5)c4)n[nH]c3c2)cc1)Nc1cccc(F)c1. The molecule has 1 saturated heterocycles. The molecule has 0 bridgehead atoms. The first-order chi connectivity index (χ1) is 19.1. The third-order valence-electron chi connectivity index (χ3n) is 6.78. The van der Waals surface area contributed by atoms with E-state index in [-0.39, 0.29) is 0 Å². The number of H-pyrrole nitrogens is 1. The lowest BCUT2D eigenvalue weighted by Crippen LogP contribution is -2.38. The average Bonchev–Trinajstić information content (AvgIpc) is 3.59. The van der Waals surface area contributed by atoms with Crippen molar-refractivity contribution in [2.24, 2.45) is 0 Å². The van der Waals surface area contributed by atoms with Crippen molar-refractivity contribution in [2.45, 2.75) is 6.54 Å². The summed E-state index contributed by atoms with van der Waals surface area (Å²) in [4.78, 5) is 14.6. The fourth-order valence-electron chi connectivity index (χ4n) is 4.70. The van der Waals surface area contributed by atoms with Gasteiger partial charge in [0.2, 0.25) is 0 Å². The highest BCUT2D eigenvalue weighted by molar-refractivity contribution is 6.00. The topological polar surface area (TPSA) is 100 Å². The van der Waals surface area contributed by atoms with E-state index in [1.807, 2.05) is 41.3 Å². The van der Waals surface area contributed by atoms with E-state index in [0.29, 0.717) is 11.4 Å². The number of halogens is 1. The molecule has 39 heavy (non-hydrogen) atoms.